The molecule has 0 bridgehead atoms. The average Bonchev–Trinajstić information content (AvgIpc) is 3.39. The molecular formula is C23H26ClN7O2. The number of aryl methyl sites for hydroxylation is 2. The fraction of sp³-hybridized carbons (Fsp3) is 0.348. The smallest absolute Gasteiger partial charge is 0.230 e. The molecule has 0 radical (unpaired) electrons. The number of amides is 1. The van der Waals surface area contributed by atoms with Crippen molar-refractivity contribution in [3.63, 3.8) is 0 Å². The van der Waals surface area contributed by atoms with Gasteiger partial charge in [-0.25, -0.2) is 9.97 Å². The third-order valence-corrected chi connectivity index (χ3v) is 5.56. The number of nitrogens with one attached hydrogen (secondary N) is 1. The van der Waals surface area contributed by atoms with Crippen LogP contribution >= 0.6 is 12.4 Å². The van der Waals surface area contributed by atoms with Gasteiger partial charge in [0.1, 0.15) is 6.26 Å². The Bertz CT molecular complexity index is 1280. The van der Waals surface area contributed by atoms with Crippen LogP contribution in [0.15, 0.2) is 41.3 Å². The monoisotopic (exact) mass is 467 g/mol. The van der Waals surface area contributed by atoms with Crippen LogP contribution in [0.5, 0.6) is 0 Å². The van der Waals surface area contributed by atoms with E-state index < -0.39 is 0 Å². The van der Waals surface area contributed by atoms with E-state index in [-0.39, 0.29) is 24.7 Å². The number of carbonyl (C=O) groups is 1. The van der Waals surface area contributed by atoms with Crippen molar-refractivity contribution in [2.24, 2.45) is 7.05 Å². The zero-order chi connectivity index (χ0) is 22.1. The van der Waals surface area contributed by atoms with Gasteiger partial charge in [0.25, 0.3) is 0 Å². The number of aromatic nitrogens is 5. The Labute approximate surface area is 197 Å². The molecule has 33 heavy (non-hydrogen) atoms. The van der Waals surface area contributed by atoms with Crippen LogP contribution in [-0.2, 0) is 18.3 Å². The first kappa shape index (κ1) is 22.7. The van der Waals surface area contributed by atoms with Gasteiger partial charge in [0, 0.05) is 49.2 Å². The predicted octanol–water partition coefficient (Wildman–Crippen LogP) is 3.92. The summed E-state index contributed by atoms with van der Waals surface area (Å²) in [6.45, 7) is 3.76. The van der Waals surface area contributed by atoms with Crippen LogP contribution in [0.2, 0.25) is 0 Å². The van der Waals surface area contributed by atoms with Crippen LogP contribution in [0.3, 0.4) is 0 Å². The standard InChI is InChI=1S/C23H25N7O2.ClH/c1-15-10-16(6-7-24-15)23-25-18(14-32-23)12-20(31)26-19-11-17-13-29(2)28-21(17)27-22(19)30-8-4-3-5-9-30;/h6-7,10-11,13-14H,3-5,8-9,12H2,1-2H3,(H,26,31);1H. The molecule has 1 aliphatic rings. The Morgan fingerprint density at radius 2 is 2.00 bits per heavy atom. The Balaban J connectivity index is 0.00000259. The molecule has 0 aromatic carbocycles. The Morgan fingerprint density at radius 1 is 1.18 bits per heavy atom. The van der Waals surface area contributed by atoms with Crippen molar-refractivity contribution in [1.29, 1.82) is 0 Å². The van der Waals surface area contributed by atoms with Crippen molar-refractivity contribution in [3.8, 4) is 11.5 Å². The van der Waals surface area contributed by atoms with Crippen LogP contribution in [0.4, 0.5) is 11.5 Å². The van der Waals surface area contributed by atoms with Crippen molar-refractivity contribution < 1.29 is 9.21 Å². The number of nitrogens with zero attached hydrogens (tertiary/aromatic N) is 6. The summed E-state index contributed by atoms with van der Waals surface area (Å²) in [6.07, 6.45) is 8.70. The van der Waals surface area contributed by atoms with Gasteiger partial charge in [-0.15, -0.1) is 12.4 Å². The van der Waals surface area contributed by atoms with E-state index in [1.165, 1.54) is 12.7 Å². The van der Waals surface area contributed by atoms with Crippen LogP contribution in [-0.4, -0.2) is 43.7 Å². The van der Waals surface area contributed by atoms with Crippen molar-refractivity contribution >= 4 is 40.9 Å². The SMILES string of the molecule is Cc1cc(-c2nc(CC(=O)Nc3cc4cn(C)nc4nc3N3CCCCC3)co2)ccn1.Cl. The summed E-state index contributed by atoms with van der Waals surface area (Å²) in [5, 5.41) is 8.37. The van der Waals surface area contributed by atoms with Gasteiger partial charge >= 0.3 is 0 Å². The molecule has 9 nitrogen and oxygen atoms in total. The normalized spacial score (nSPS) is 13.7. The zero-order valence-corrected chi connectivity index (χ0v) is 19.4. The van der Waals surface area contributed by atoms with E-state index in [4.69, 9.17) is 9.40 Å². The lowest BCUT2D eigenvalue weighted by Gasteiger charge is -2.29. The number of hydrogen-bond donors (Lipinski definition) is 1. The van der Waals surface area contributed by atoms with Crippen molar-refractivity contribution in [1.82, 2.24) is 24.7 Å². The summed E-state index contributed by atoms with van der Waals surface area (Å²) in [7, 11) is 1.87. The Kier molecular flexibility index (Phi) is 6.60. The zero-order valence-electron chi connectivity index (χ0n) is 18.6. The molecule has 10 heteroatoms. The summed E-state index contributed by atoms with van der Waals surface area (Å²) in [5.74, 6) is 1.09. The molecule has 5 heterocycles. The second-order valence-electron chi connectivity index (χ2n) is 8.18. The molecule has 1 N–H and O–H groups in total. The molecule has 0 unspecified atom stereocenters. The number of hydrogen-bond acceptors (Lipinski definition) is 7. The second kappa shape index (κ2) is 9.58. The van der Waals surface area contributed by atoms with Gasteiger partial charge in [-0.3, -0.25) is 14.5 Å². The summed E-state index contributed by atoms with van der Waals surface area (Å²) in [5.41, 5.74) is 3.67. The maximum absolute atomic E-state index is 12.9. The number of carbonyl (C=O) groups excluding carboxylic acids is 1. The van der Waals surface area contributed by atoms with Gasteiger partial charge in [-0.1, -0.05) is 0 Å². The van der Waals surface area contributed by atoms with Crippen LogP contribution in [0.25, 0.3) is 22.5 Å². The third-order valence-electron chi connectivity index (χ3n) is 5.56. The minimum atomic E-state index is -0.168. The number of pyridine rings is 2. The number of anilines is 2. The summed E-state index contributed by atoms with van der Waals surface area (Å²) in [4.78, 5) is 28.6. The first-order chi connectivity index (χ1) is 15.5. The maximum Gasteiger partial charge on any atom is 0.230 e. The van der Waals surface area contributed by atoms with Gasteiger partial charge in [-0.2, -0.15) is 5.10 Å². The quantitative estimate of drug-likeness (QED) is 0.474. The van der Waals surface area contributed by atoms with Gasteiger partial charge < -0.3 is 14.6 Å². The van der Waals surface area contributed by atoms with E-state index >= 15 is 0 Å². The highest BCUT2D eigenvalue weighted by atomic mass is 35.5. The van der Waals surface area contributed by atoms with Gasteiger partial charge in [0.05, 0.1) is 17.8 Å². The van der Waals surface area contributed by atoms with E-state index in [1.807, 2.05) is 38.4 Å². The third kappa shape index (κ3) is 4.98. The largest absolute Gasteiger partial charge is 0.444 e. The first-order valence-electron chi connectivity index (χ1n) is 10.8. The lowest BCUT2D eigenvalue weighted by Crippen LogP contribution is -2.31. The molecule has 5 rings (SSSR count). The summed E-state index contributed by atoms with van der Waals surface area (Å²) in [6, 6.07) is 5.68. The van der Waals surface area contributed by atoms with E-state index in [0.29, 0.717) is 22.9 Å². The Morgan fingerprint density at radius 3 is 2.79 bits per heavy atom. The topological polar surface area (TPSA) is 102 Å². The van der Waals surface area contributed by atoms with Gasteiger partial charge in [0.15, 0.2) is 11.5 Å². The number of piperidine rings is 1. The molecule has 172 valence electrons. The van der Waals surface area contributed by atoms with Crippen molar-refractivity contribution in [3.05, 3.63) is 48.2 Å². The first-order valence-corrected chi connectivity index (χ1v) is 10.8. The highest BCUT2D eigenvalue weighted by Crippen LogP contribution is 2.30. The Hall–Kier alpha value is -3.46. The van der Waals surface area contributed by atoms with Gasteiger partial charge in [-0.05, 0) is 44.4 Å². The fourth-order valence-electron chi connectivity index (χ4n) is 4.06. The average molecular weight is 468 g/mol. The molecule has 1 saturated heterocycles. The van der Waals surface area contributed by atoms with Gasteiger partial charge in [0.2, 0.25) is 11.8 Å². The number of fused-ring (bicyclic) bond motifs is 1. The minimum absolute atomic E-state index is 0. The summed E-state index contributed by atoms with van der Waals surface area (Å²) < 4.78 is 7.32. The van der Waals surface area contributed by atoms with Crippen molar-refractivity contribution in [2.75, 3.05) is 23.3 Å². The fourth-order valence-corrected chi connectivity index (χ4v) is 4.06. The summed E-state index contributed by atoms with van der Waals surface area (Å²) >= 11 is 0. The highest BCUT2D eigenvalue weighted by molar-refractivity contribution is 5.97. The molecule has 1 fully saturated rings. The lowest BCUT2D eigenvalue weighted by molar-refractivity contribution is -0.115. The number of halogens is 1. The number of rotatable bonds is 5. The van der Waals surface area contributed by atoms with Crippen LogP contribution in [0, 0.1) is 6.92 Å². The molecule has 1 aliphatic heterocycles. The lowest BCUT2D eigenvalue weighted by atomic mass is 10.1. The molecule has 0 spiro atoms. The molecule has 0 aliphatic carbocycles. The molecule has 4 aromatic heterocycles. The second-order valence-corrected chi connectivity index (χ2v) is 8.18. The maximum atomic E-state index is 12.9. The van der Waals surface area contributed by atoms with Crippen molar-refractivity contribution in [2.45, 2.75) is 32.6 Å². The van der Waals surface area contributed by atoms with Crippen LogP contribution < -0.4 is 10.2 Å². The molecular weight excluding hydrogens is 442 g/mol. The van der Waals surface area contributed by atoms with E-state index in [1.54, 1.807) is 10.9 Å². The molecule has 4 aromatic rings. The van der Waals surface area contributed by atoms with E-state index in [9.17, 15) is 4.79 Å². The highest BCUT2D eigenvalue weighted by Gasteiger charge is 2.20. The molecule has 0 atom stereocenters. The minimum Gasteiger partial charge on any atom is -0.444 e. The number of oxazole rings is 1. The molecule has 0 saturated carbocycles. The molecule has 1 amide bonds. The van der Waals surface area contributed by atoms with E-state index in [0.717, 1.165) is 48.4 Å². The van der Waals surface area contributed by atoms with E-state index in [2.05, 4.69) is 25.3 Å². The predicted molar refractivity (Wildman–Crippen MR) is 129 cm³/mol. The van der Waals surface area contributed by atoms with Crippen LogP contribution in [0.1, 0.15) is 30.7 Å².